The standard InChI is InChI=1S/C17H28N4O2/c1-3-7-17(12-23-2)8-4-9-21(17)16(22)19-14-5-6-15-13(10-14)11-18-20-15/h11,14H,3-10,12H2,1-2H3,(H,18,20)(H,19,22)/t14-,17+/m1/s1. The van der Waals surface area contributed by atoms with Crippen LogP contribution in [0.4, 0.5) is 4.79 Å². The number of amides is 2. The Kier molecular flexibility index (Phi) is 4.90. The van der Waals surface area contributed by atoms with Gasteiger partial charge in [0, 0.05) is 25.4 Å². The number of carbonyl (C=O) groups is 1. The van der Waals surface area contributed by atoms with E-state index in [1.165, 1.54) is 11.3 Å². The van der Waals surface area contributed by atoms with Gasteiger partial charge in [-0.1, -0.05) is 13.3 Å². The zero-order chi connectivity index (χ0) is 16.3. The van der Waals surface area contributed by atoms with Crippen molar-refractivity contribution in [2.24, 2.45) is 0 Å². The monoisotopic (exact) mass is 320 g/mol. The Labute approximate surface area is 138 Å². The summed E-state index contributed by atoms with van der Waals surface area (Å²) in [6.45, 7) is 3.64. The molecule has 128 valence electrons. The van der Waals surface area contributed by atoms with Gasteiger partial charge in [0.2, 0.25) is 0 Å². The van der Waals surface area contributed by atoms with Crippen LogP contribution in [0.1, 0.15) is 50.3 Å². The Bertz CT molecular complexity index is 536. The highest BCUT2D eigenvalue weighted by Crippen LogP contribution is 2.34. The van der Waals surface area contributed by atoms with Crippen molar-refractivity contribution in [3.8, 4) is 0 Å². The average molecular weight is 320 g/mol. The van der Waals surface area contributed by atoms with Crippen LogP contribution in [0.25, 0.3) is 0 Å². The lowest BCUT2D eigenvalue weighted by molar-refractivity contribution is 0.0492. The van der Waals surface area contributed by atoms with Crippen LogP contribution >= 0.6 is 0 Å². The van der Waals surface area contributed by atoms with Crippen LogP contribution in [0.2, 0.25) is 0 Å². The molecule has 2 N–H and O–H groups in total. The fourth-order valence-electron chi connectivity index (χ4n) is 4.26. The molecule has 23 heavy (non-hydrogen) atoms. The van der Waals surface area contributed by atoms with Gasteiger partial charge in [-0.3, -0.25) is 5.10 Å². The van der Waals surface area contributed by atoms with Gasteiger partial charge in [0.15, 0.2) is 0 Å². The number of urea groups is 1. The van der Waals surface area contributed by atoms with E-state index >= 15 is 0 Å². The van der Waals surface area contributed by atoms with E-state index in [1.807, 2.05) is 11.1 Å². The first-order valence-electron chi connectivity index (χ1n) is 8.77. The molecule has 1 aromatic heterocycles. The molecule has 2 atom stereocenters. The maximum atomic E-state index is 12.9. The lowest BCUT2D eigenvalue weighted by Crippen LogP contribution is -2.56. The number of nitrogens with zero attached hydrogens (tertiary/aromatic N) is 2. The SMILES string of the molecule is CCC[C@@]1(COC)CCCN1C(=O)N[C@@H]1CCc2[nH]ncc2C1. The Balaban J connectivity index is 1.65. The summed E-state index contributed by atoms with van der Waals surface area (Å²) in [4.78, 5) is 14.9. The number of aromatic nitrogens is 2. The molecule has 0 radical (unpaired) electrons. The number of nitrogens with one attached hydrogen (secondary N) is 2. The van der Waals surface area contributed by atoms with E-state index in [-0.39, 0.29) is 17.6 Å². The van der Waals surface area contributed by atoms with Gasteiger partial charge in [-0.2, -0.15) is 5.10 Å². The highest BCUT2D eigenvalue weighted by molar-refractivity contribution is 5.76. The number of aryl methyl sites for hydroxylation is 1. The normalized spacial score (nSPS) is 27.0. The van der Waals surface area contributed by atoms with Crippen LogP contribution in [0.15, 0.2) is 6.20 Å². The van der Waals surface area contributed by atoms with Gasteiger partial charge in [-0.05, 0) is 44.1 Å². The topological polar surface area (TPSA) is 70.2 Å². The molecule has 2 heterocycles. The van der Waals surface area contributed by atoms with Crippen molar-refractivity contribution in [1.82, 2.24) is 20.4 Å². The Morgan fingerprint density at radius 1 is 1.61 bits per heavy atom. The fraction of sp³-hybridized carbons (Fsp3) is 0.765. The predicted molar refractivity (Wildman–Crippen MR) is 88.4 cm³/mol. The highest BCUT2D eigenvalue weighted by atomic mass is 16.5. The summed E-state index contributed by atoms with van der Waals surface area (Å²) in [6.07, 6.45) is 8.86. The van der Waals surface area contributed by atoms with E-state index in [0.29, 0.717) is 6.61 Å². The minimum Gasteiger partial charge on any atom is -0.382 e. The second-order valence-electron chi connectivity index (χ2n) is 6.93. The second-order valence-corrected chi connectivity index (χ2v) is 6.93. The quantitative estimate of drug-likeness (QED) is 0.874. The molecule has 2 amide bonds. The van der Waals surface area contributed by atoms with Crippen LogP contribution in [-0.2, 0) is 17.6 Å². The molecule has 3 rings (SSSR count). The van der Waals surface area contributed by atoms with Gasteiger partial charge in [-0.15, -0.1) is 0 Å². The summed E-state index contributed by atoms with van der Waals surface area (Å²) < 4.78 is 5.45. The molecule has 1 saturated heterocycles. The average Bonchev–Trinajstić information content (AvgIpc) is 3.14. The third kappa shape index (κ3) is 3.22. The smallest absolute Gasteiger partial charge is 0.318 e. The van der Waals surface area contributed by atoms with E-state index in [2.05, 4.69) is 22.4 Å². The molecule has 0 spiro atoms. The zero-order valence-electron chi connectivity index (χ0n) is 14.2. The molecular formula is C17H28N4O2. The van der Waals surface area contributed by atoms with Crippen LogP contribution in [-0.4, -0.2) is 53.0 Å². The van der Waals surface area contributed by atoms with Crippen molar-refractivity contribution in [3.63, 3.8) is 0 Å². The summed E-state index contributed by atoms with van der Waals surface area (Å²) in [5.74, 6) is 0. The van der Waals surface area contributed by atoms with Crippen LogP contribution in [0, 0.1) is 0 Å². The van der Waals surface area contributed by atoms with Gasteiger partial charge < -0.3 is 15.0 Å². The lowest BCUT2D eigenvalue weighted by atomic mass is 9.91. The first-order valence-corrected chi connectivity index (χ1v) is 8.77. The molecule has 6 heteroatoms. The summed E-state index contributed by atoms with van der Waals surface area (Å²) >= 11 is 0. The van der Waals surface area contributed by atoms with Gasteiger partial charge in [0.1, 0.15) is 0 Å². The first-order chi connectivity index (χ1) is 11.2. The first kappa shape index (κ1) is 16.3. The number of likely N-dealkylation sites (tertiary alicyclic amines) is 1. The van der Waals surface area contributed by atoms with Crippen molar-refractivity contribution >= 4 is 6.03 Å². The zero-order valence-corrected chi connectivity index (χ0v) is 14.2. The van der Waals surface area contributed by atoms with Crippen molar-refractivity contribution in [3.05, 3.63) is 17.5 Å². The van der Waals surface area contributed by atoms with Crippen LogP contribution in [0.3, 0.4) is 0 Å². The van der Waals surface area contributed by atoms with E-state index in [0.717, 1.165) is 51.5 Å². The number of methoxy groups -OCH3 is 1. The molecule has 0 unspecified atom stereocenters. The largest absolute Gasteiger partial charge is 0.382 e. The van der Waals surface area contributed by atoms with Gasteiger partial charge in [0.05, 0.1) is 18.3 Å². The van der Waals surface area contributed by atoms with Crippen molar-refractivity contribution < 1.29 is 9.53 Å². The maximum absolute atomic E-state index is 12.9. The van der Waals surface area contributed by atoms with E-state index < -0.39 is 0 Å². The maximum Gasteiger partial charge on any atom is 0.318 e. The van der Waals surface area contributed by atoms with E-state index in [1.54, 1.807) is 7.11 Å². The van der Waals surface area contributed by atoms with Crippen LogP contribution < -0.4 is 5.32 Å². The highest BCUT2D eigenvalue weighted by Gasteiger charge is 2.43. The second kappa shape index (κ2) is 6.91. The molecule has 6 nitrogen and oxygen atoms in total. The van der Waals surface area contributed by atoms with E-state index in [4.69, 9.17) is 4.74 Å². The number of aromatic amines is 1. The Morgan fingerprint density at radius 3 is 3.26 bits per heavy atom. The van der Waals surface area contributed by atoms with Gasteiger partial charge in [0.25, 0.3) is 0 Å². The third-order valence-corrected chi connectivity index (χ3v) is 5.31. The molecule has 1 aliphatic heterocycles. The van der Waals surface area contributed by atoms with E-state index in [9.17, 15) is 4.79 Å². The van der Waals surface area contributed by atoms with Crippen LogP contribution in [0.5, 0.6) is 0 Å². The molecular weight excluding hydrogens is 292 g/mol. The van der Waals surface area contributed by atoms with Crippen molar-refractivity contribution in [2.45, 2.75) is 63.5 Å². The number of ether oxygens (including phenoxy) is 1. The molecule has 0 aromatic carbocycles. The third-order valence-electron chi connectivity index (χ3n) is 5.31. The number of fused-ring (bicyclic) bond motifs is 1. The molecule has 1 aliphatic carbocycles. The molecule has 0 bridgehead atoms. The summed E-state index contributed by atoms with van der Waals surface area (Å²) in [6, 6.07) is 0.278. The summed E-state index contributed by atoms with van der Waals surface area (Å²) in [7, 11) is 1.73. The number of hydrogen-bond acceptors (Lipinski definition) is 3. The minimum absolute atomic E-state index is 0.0740. The van der Waals surface area contributed by atoms with Crippen molar-refractivity contribution in [2.75, 3.05) is 20.3 Å². The number of carbonyl (C=O) groups excluding carboxylic acids is 1. The summed E-state index contributed by atoms with van der Waals surface area (Å²) in [5.41, 5.74) is 2.33. The molecule has 1 aromatic rings. The summed E-state index contributed by atoms with van der Waals surface area (Å²) in [5, 5.41) is 10.4. The van der Waals surface area contributed by atoms with Crippen molar-refractivity contribution in [1.29, 1.82) is 0 Å². The predicted octanol–water partition coefficient (Wildman–Crippen LogP) is 2.26. The Hall–Kier alpha value is -1.56. The van der Waals surface area contributed by atoms with Gasteiger partial charge >= 0.3 is 6.03 Å². The lowest BCUT2D eigenvalue weighted by Gasteiger charge is -2.39. The number of rotatable bonds is 5. The molecule has 2 aliphatic rings. The van der Waals surface area contributed by atoms with Gasteiger partial charge in [-0.25, -0.2) is 4.79 Å². The number of H-pyrrole nitrogens is 1. The number of hydrogen-bond donors (Lipinski definition) is 2. The molecule has 0 saturated carbocycles. The Morgan fingerprint density at radius 2 is 2.48 bits per heavy atom. The molecule has 1 fully saturated rings. The fourth-order valence-corrected chi connectivity index (χ4v) is 4.26. The minimum atomic E-state index is -0.122.